The highest BCUT2D eigenvalue weighted by molar-refractivity contribution is 8.00. The summed E-state index contributed by atoms with van der Waals surface area (Å²) in [6, 6.07) is 1.80. The molecule has 1 saturated heterocycles. The van der Waals surface area contributed by atoms with Crippen LogP contribution < -0.4 is 5.73 Å². The minimum absolute atomic E-state index is 0.0894. The fourth-order valence-corrected chi connectivity index (χ4v) is 4.09. The molecule has 1 aromatic heterocycles. The molecule has 3 nitrogen and oxygen atoms in total. The summed E-state index contributed by atoms with van der Waals surface area (Å²) < 4.78 is 0. The Morgan fingerprint density at radius 3 is 2.56 bits per heavy atom. The zero-order chi connectivity index (χ0) is 11.7. The number of hydrogen-bond donors (Lipinski definition) is 1. The Morgan fingerprint density at radius 2 is 2.06 bits per heavy atom. The van der Waals surface area contributed by atoms with E-state index in [1.165, 1.54) is 11.3 Å². The predicted octanol–water partition coefficient (Wildman–Crippen LogP) is 2.30. The minimum Gasteiger partial charge on any atom is -0.397 e. The number of thioether (sulfide) groups is 1. The average Bonchev–Trinajstić information content (AvgIpc) is 2.62. The van der Waals surface area contributed by atoms with Crippen molar-refractivity contribution in [1.29, 1.82) is 0 Å². The molecule has 1 aromatic rings. The molecule has 2 rings (SSSR count). The maximum Gasteiger partial charge on any atom is 0.266 e. The SMILES string of the molecule is CC1CN(C(=O)c2sccc2N)CC(C)S1. The zero-order valence-electron chi connectivity index (χ0n) is 9.47. The zero-order valence-corrected chi connectivity index (χ0v) is 11.1. The number of carbonyl (C=O) groups is 1. The molecule has 2 heterocycles. The van der Waals surface area contributed by atoms with Crippen molar-refractivity contribution in [3.8, 4) is 0 Å². The first kappa shape index (κ1) is 11.8. The monoisotopic (exact) mass is 256 g/mol. The molecule has 1 amide bonds. The van der Waals surface area contributed by atoms with Crippen LogP contribution in [-0.2, 0) is 0 Å². The van der Waals surface area contributed by atoms with Gasteiger partial charge in [0, 0.05) is 23.6 Å². The van der Waals surface area contributed by atoms with Crippen molar-refractivity contribution in [2.75, 3.05) is 18.8 Å². The molecular weight excluding hydrogens is 240 g/mol. The maximum atomic E-state index is 12.2. The summed E-state index contributed by atoms with van der Waals surface area (Å²) >= 11 is 3.37. The molecule has 88 valence electrons. The Kier molecular flexibility index (Phi) is 3.44. The van der Waals surface area contributed by atoms with Crippen LogP contribution in [0.3, 0.4) is 0 Å². The predicted molar refractivity (Wildman–Crippen MR) is 71.1 cm³/mol. The second-order valence-electron chi connectivity index (χ2n) is 4.17. The smallest absolute Gasteiger partial charge is 0.266 e. The van der Waals surface area contributed by atoms with Crippen LogP contribution in [-0.4, -0.2) is 34.4 Å². The molecule has 1 aliphatic heterocycles. The summed E-state index contributed by atoms with van der Waals surface area (Å²) in [6.45, 7) is 5.98. The van der Waals surface area contributed by atoms with Gasteiger partial charge in [0.2, 0.25) is 0 Å². The number of amides is 1. The summed E-state index contributed by atoms with van der Waals surface area (Å²) in [4.78, 5) is 14.8. The lowest BCUT2D eigenvalue weighted by Gasteiger charge is -2.34. The Morgan fingerprint density at radius 1 is 1.44 bits per heavy atom. The van der Waals surface area contributed by atoms with Crippen molar-refractivity contribution < 1.29 is 4.79 Å². The third kappa shape index (κ3) is 2.35. The van der Waals surface area contributed by atoms with Crippen molar-refractivity contribution in [2.24, 2.45) is 0 Å². The van der Waals surface area contributed by atoms with Crippen molar-refractivity contribution in [1.82, 2.24) is 4.90 Å². The average molecular weight is 256 g/mol. The van der Waals surface area contributed by atoms with E-state index in [1.807, 2.05) is 22.0 Å². The molecule has 0 spiro atoms. The van der Waals surface area contributed by atoms with E-state index < -0.39 is 0 Å². The molecule has 1 aliphatic rings. The molecule has 2 N–H and O–H groups in total. The van der Waals surface area contributed by atoms with Crippen molar-refractivity contribution in [2.45, 2.75) is 24.3 Å². The number of rotatable bonds is 1. The fourth-order valence-electron chi connectivity index (χ4n) is 1.98. The van der Waals surface area contributed by atoms with Crippen molar-refractivity contribution >= 4 is 34.7 Å². The number of nitrogen functional groups attached to an aromatic ring is 1. The van der Waals surface area contributed by atoms with Crippen LogP contribution in [0.25, 0.3) is 0 Å². The molecule has 0 aromatic carbocycles. The Bertz CT molecular complexity index is 381. The van der Waals surface area contributed by atoms with Crippen molar-refractivity contribution in [3.05, 3.63) is 16.3 Å². The molecule has 5 heteroatoms. The highest BCUT2D eigenvalue weighted by Crippen LogP contribution is 2.28. The van der Waals surface area contributed by atoms with Crippen molar-refractivity contribution in [3.63, 3.8) is 0 Å². The first-order valence-electron chi connectivity index (χ1n) is 5.35. The second-order valence-corrected chi connectivity index (χ2v) is 6.97. The van der Waals surface area contributed by atoms with E-state index in [-0.39, 0.29) is 5.91 Å². The molecule has 1 fully saturated rings. The molecule has 0 aliphatic carbocycles. The third-order valence-electron chi connectivity index (χ3n) is 2.60. The van der Waals surface area contributed by atoms with Crippen LogP contribution in [0.4, 0.5) is 5.69 Å². The van der Waals surface area contributed by atoms with E-state index in [0.29, 0.717) is 21.1 Å². The van der Waals surface area contributed by atoms with E-state index in [2.05, 4.69) is 13.8 Å². The largest absolute Gasteiger partial charge is 0.397 e. The molecule has 16 heavy (non-hydrogen) atoms. The van der Waals surface area contributed by atoms with Gasteiger partial charge in [-0.05, 0) is 11.4 Å². The Hall–Kier alpha value is -0.680. The van der Waals surface area contributed by atoms with Gasteiger partial charge < -0.3 is 10.6 Å². The van der Waals surface area contributed by atoms with Crippen LogP contribution in [0.2, 0.25) is 0 Å². The fraction of sp³-hybridized carbons (Fsp3) is 0.545. The molecule has 2 unspecified atom stereocenters. The highest BCUT2D eigenvalue weighted by Gasteiger charge is 2.27. The number of carbonyl (C=O) groups excluding carboxylic acids is 1. The highest BCUT2D eigenvalue weighted by atomic mass is 32.2. The van der Waals surface area contributed by atoms with Crippen LogP contribution in [0.5, 0.6) is 0 Å². The van der Waals surface area contributed by atoms with Crippen LogP contribution in [0.15, 0.2) is 11.4 Å². The molecule has 0 saturated carbocycles. The van der Waals surface area contributed by atoms with Gasteiger partial charge in [0.25, 0.3) is 5.91 Å². The molecule has 2 atom stereocenters. The standard InChI is InChI=1S/C11H16N2OS2/c1-7-5-13(6-8(2)16-7)11(14)10-9(12)3-4-15-10/h3-4,7-8H,5-6,12H2,1-2H3. The second kappa shape index (κ2) is 4.67. The Labute approximate surface area is 104 Å². The number of anilines is 1. The first-order chi connectivity index (χ1) is 7.58. The van der Waals surface area contributed by atoms with Gasteiger partial charge in [-0.15, -0.1) is 11.3 Å². The molecule has 0 bridgehead atoms. The van der Waals surface area contributed by atoms with Gasteiger partial charge in [0.1, 0.15) is 4.88 Å². The van der Waals surface area contributed by atoms with Gasteiger partial charge in [0.05, 0.1) is 5.69 Å². The Balaban J connectivity index is 2.13. The number of nitrogens with zero attached hydrogens (tertiary/aromatic N) is 1. The summed E-state index contributed by atoms with van der Waals surface area (Å²) in [7, 11) is 0. The number of hydrogen-bond acceptors (Lipinski definition) is 4. The van der Waals surface area contributed by atoms with Gasteiger partial charge in [-0.2, -0.15) is 11.8 Å². The number of nitrogens with two attached hydrogens (primary N) is 1. The van der Waals surface area contributed by atoms with Gasteiger partial charge in [-0.3, -0.25) is 4.79 Å². The quantitative estimate of drug-likeness (QED) is 0.838. The minimum atomic E-state index is 0.0894. The summed E-state index contributed by atoms with van der Waals surface area (Å²) in [5.41, 5.74) is 6.38. The van der Waals surface area contributed by atoms with E-state index in [1.54, 1.807) is 6.07 Å². The van der Waals surface area contributed by atoms with Gasteiger partial charge in [0.15, 0.2) is 0 Å². The lowest BCUT2D eigenvalue weighted by molar-refractivity contribution is 0.0759. The van der Waals surface area contributed by atoms with Gasteiger partial charge in [-0.25, -0.2) is 0 Å². The summed E-state index contributed by atoms with van der Waals surface area (Å²) in [6.07, 6.45) is 0. The van der Waals surface area contributed by atoms with Crippen LogP contribution in [0.1, 0.15) is 23.5 Å². The van der Waals surface area contributed by atoms with E-state index in [4.69, 9.17) is 5.73 Å². The lowest BCUT2D eigenvalue weighted by Crippen LogP contribution is -2.43. The van der Waals surface area contributed by atoms with E-state index >= 15 is 0 Å². The van der Waals surface area contributed by atoms with E-state index in [0.717, 1.165) is 13.1 Å². The van der Waals surface area contributed by atoms with Crippen LogP contribution in [0, 0.1) is 0 Å². The van der Waals surface area contributed by atoms with Gasteiger partial charge in [-0.1, -0.05) is 13.8 Å². The number of thiophene rings is 1. The lowest BCUT2D eigenvalue weighted by atomic mass is 10.3. The summed E-state index contributed by atoms with van der Waals surface area (Å²) in [5.74, 6) is 0.0894. The normalized spacial score (nSPS) is 25.8. The topological polar surface area (TPSA) is 46.3 Å². The third-order valence-corrected chi connectivity index (χ3v) is 4.74. The first-order valence-corrected chi connectivity index (χ1v) is 7.18. The molecule has 0 radical (unpaired) electrons. The van der Waals surface area contributed by atoms with Gasteiger partial charge >= 0.3 is 0 Å². The maximum absolute atomic E-state index is 12.2. The van der Waals surface area contributed by atoms with E-state index in [9.17, 15) is 4.79 Å². The summed E-state index contributed by atoms with van der Waals surface area (Å²) in [5, 5.41) is 2.89. The van der Waals surface area contributed by atoms with Crippen LogP contribution >= 0.6 is 23.1 Å². The molecular formula is C11H16N2OS2.